The fourth-order valence-corrected chi connectivity index (χ4v) is 7.81. The molecular weight excluding hydrogens is 332 g/mol. The quantitative estimate of drug-likeness (QED) is 0.497. The highest BCUT2D eigenvalue weighted by Gasteiger charge is 2.59. The molecule has 4 rings (SSSR count). The van der Waals surface area contributed by atoms with Gasteiger partial charge in [-0.25, -0.2) is 0 Å². The summed E-state index contributed by atoms with van der Waals surface area (Å²) < 4.78 is 0. The van der Waals surface area contributed by atoms with Crippen molar-refractivity contribution >= 4 is 12.0 Å². The van der Waals surface area contributed by atoms with Crippen LogP contribution in [0.15, 0.2) is 16.8 Å². The van der Waals surface area contributed by atoms with E-state index in [1.807, 2.05) is 25.2 Å². The van der Waals surface area contributed by atoms with Crippen molar-refractivity contribution in [2.24, 2.45) is 45.5 Å². The third-order valence-corrected chi connectivity index (χ3v) is 9.20. The van der Waals surface area contributed by atoms with E-state index < -0.39 is 0 Å². The molecule has 0 radical (unpaired) electrons. The smallest absolute Gasteiger partial charge is 0.155 e. The van der Waals surface area contributed by atoms with E-state index in [0.717, 1.165) is 42.9 Å². The second-order valence-corrected chi connectivity index (χ2v) is 10.7. The summed E-state index contributed by atoms with van der Waals surface area (Å²) in [4.78, 5) is 12.0. The van der Waals surface area contributed by atoms with Gasteiger partial charge in [0, 0.05) is 26.7 Å². The number of allylic oxidation sites excluding steroid dienone is 1. The molecule has 7 atom stereocenters. The van der Waals surface area contributed by atoms with Crippen LogP contribution in [0.2, 0.25) is 0 Å². The summed E-state index contributed by atoms with van der Waals surface area (Å²) >= 11 is 0. The largest absolute Gasteiger partial charge is 0.303 e. The lowest BCUT2D eigenvalue weighted by atomic mass is 9.46. The van der Waals surface area contributed by atoms with Crippen molar-refractivity contribution < 1.29 is 4.79 Å². The number of ketones is 1. The average Bonchev–Trinajstić information content (AvgIpc) is 2.97. The number of fused-ring (bicyclic) bond motifs is 5. The lowest BCUT2D eigenvalue weighted by Crippen LogP contribution is -2.51. The van der Waals surface area contributed by atoms with Crippen molar-refractivity contribution in [2.75, 3.05) is 14.1 Å². The molecule has 4 aliphatic carbocycles. The molecule has 3 fully saturated rings. The lowest BCUT2D eigenvalue weighted by Gasteiger charge is -2.58. The summed E-state index contributed by atoms with van der Waals surface area (Å²) in [5.74, 6) is 4.23. The molecule has 0 spiro atoms. The van der Waals surface area contributed by atoms with Gasteiger partial charge in [0.15, 0.2) is 5.78 Å². The molecule has 3 heteroatoms. The van der Waals surface area contributed by atoms with Gasteiger partial charge in [-0.15, -0.1) is 0 Å². The zero-order chi connectivity index (χ0) is 19.4. The Morgan fingerprint density at radius 1 is 1.11 bits per heavy atom. The van der Waals surface area contributed by atoms with Crippen molar-refractivity contribution in [1.82, 2.24) is 5.01 Å². The molecule has 0 saturated heterocycles. The van der Waals surface area contributed by atoms with E-state index in [9.17, 15) is 4.79 Å². The van der Waals surface area contributed by atoms with Crippen LogP contribution in [-0.2, 0) is 4.79 Å². The third-order valence-electron chi connectivity index (χ3n) is 9.20. The Hall–Kier alpha value is -1.12. The van der Waals surface area contributed by atoms with Gasteiger partial charge in [-0.05, 0) is 91.4 Å². The first-order chi connectivity index (χ1) is 12.8. The highest BCUT2D eigenvalue weighted by molar-refractivity contribution is 5.91. The van der Waals surface area contributed by atoms with Gasteiger partial charge in [0.2, 0.25) is 0 Å². The van der Waals surface area contributed by atoms with Gasteiger partial charge < -0.3 is 5.01 Å². The Kier molecular flexibility index (Phi) is 4.79. The minimum atomic E-state index is 0.300. The van der Waals surface area contributed by atoms with Gasteiger partial charge in [0.05, 0.1) is 0 Å². The molecule has 0 aromatic carbocycles. The molecule has 0 aromatic heterocycles. The molecule has 0 bridgehead atoms. The summed E-state index contributed by atoms with van der Waals surface area (Å²) in [7, 11) is 4.02. The molecule has 0 unspecified atom stereocenters. The number of hydrazone groups is 1. The predicted octanol–water partition coefficient (Wildman–Crippen LogP) is 5.32. The number of carbonyl (C=O) groups is 1. The Morgan fingerprint density at radius 2 is 1.89 bits per heavy atom. The second-order valence-electron chi connectivity index (χ2n) is 10.7. The van der Waals surface area contributed by atoms with Crippen LogP contribution in [0, 0.1) is 40.4 Å². The first-order valence-electron chi connectivity index (χ1n) is 11.2. The van der Waals surface area contributed by atoms with Crippen molar-refractivity contribution in [1.29, 1.82) is 0 Å². The molecule has 0 amide bonds. The summed E-state index contributed by atoms with van der Waals surface area (Å²) in [5, 5.41) is 6.48. The third kappa shape index (κ3) is 3.00. The van der Waals surface area contributed by atoms with Gasteiger partial charge >= 0.3 is 0 Å². The van der Waals surface area contributed by atoms with E-state index in [2.05, 4.69) is 32.1 Å². The zero-order valence-corrected chi connectivity index (χ0v) is 18.0. The number of hydrogen-bond acceptors (Lipinski definition) is 3. The summed E-state index contributed by atoms with van der Waals surface area (Å²) in [6, 6.07) is 0. The Labute approximate surface area is 165 Å². The maximum absolute atomic E-state index is 12.0. The van der Waals surface area contributed by atoms with Crippen molar-refractivity contribution in [3.8, 4) is 0 Å². The van der Waals surface area contributed by atoms with Crippen LogP contribution in [0.1, 0.15) is 72.1 Å². The fraction of sp³-hybridized carbons (Fsp3) is 0.833. The van der Waals surface area contributed by atoms with E-state index in [0.29, 0.717) is 22.5 Å². The van der Waals surface area contributed by atoms with Crippen LogP contribution in [0.5, 0.6) is 0 Å². The van der Waals surface area contributed by atoms with Crippen molar-refractivity contribution in [3.63, 3.8) is 0 Å². The predicted molar refractivity (Wildman–Crippen MR) is 112 cm³/mol. The van der Waals surface area contributed by atoms with Gasteiger partial charge in [-0.1, -0.05) is 26.3 Å². The minimum Gasteiger partial charge on any atom is -0.303 e. The minimum absolute atomic E-state index is 0.300. The van der Waals surface area contributed by atoms with Crippen molar-refractivity contribution in [2.45, 2.75) is 72.1 Å². The highest BCUT2D eigenvalue weighted by Crippen LogP contribution is 2.67. The van der Waals surface area contributed by atoms with Crippen LogP contribution < -0.4 is 0 Å². The van der Waals surface area contributed by atoms with Crippen LogP contribution in [0.25, 0.3) is 0 Å². The molecule has 27 heavy (non-hydrogen) atoms. The standard InChI is InChI=1S/C24H38N2O/c1-16(15-25-26(4)5)20-8-9-21-19-7-6-17-14-18(27)10-12-23(17,2)22(19)11-13-24(20,21)3/h14-16,19-22H,6-13H2,1-5H3/b25-15-/t16-,19+,20-,21+,22+,23+,24-/m1/s1. The molecule has 3 saturated carbocycles. The molecular formula is C24H38N2O. The van der Waals surface area contributed by atoms with E-state index in [1.165, 1.54) is 37.7 Å². The molecule has 0 aliphatic heterocycles. The van der Waals surface area contributed by atoms with E-state index >= 15 is 0 Å². The van der Waals surface area contributed by atoms with Crippen LogP contribution >= 0.6 is 0 Å². The molecule has 4 aliphatic rings. The van der Waals surface area contributed by atoms with E-state index in [-0.39, 0.29) is 0 Å². The number of rotatable bonds is 3. The first kappa shape index (κ1) is 19.2. The van der Waals surface area contributed by atoms with E-state index in [4.69, 9.17) is 0 Å². The maximum atomic E-state index is 12.0. The maximum Gasteiger partial charge on any atom is 0.155 e. The number of nitrogens with zero attached hydrogens (tertiary/aromatic N) is 2. The van der Waals surface area contributed by atoms with Gasteiger partial charge in [-0.3, -0.25) is 4.79 Å². The Balaban J connectivity index is 1.57. The summed E-state index contributed by atoms with van der Waals surface area (Å²) in [6.45, 7) is 7.47. The summed E-state index contributed by atoms with van der Waals surface area (Å²) in [5.41, 5.74) is 2.26. The van der Waals surface area contributed by atoms with Crippen molar-refractivity contribution in [3.05, 3.63) is 11.6 Å². The highest BCUT2D eigenvalue weighted by atomic mass is 16.1. The lowest BCUT2D eigenvalue weighted by molar-refractivity contribution is -0.117. The molecule has 0 heterocycles. The number of carbonyl (C=O) groups excluding carboxylic acids is 1. The fourth-order valence-electron chi connectivity index (χ4n) is 7.81. The summed E-state index contributed by atoms with van der Waals surface area (Å²) in [6.07, 6.45) is 14.0. The monoisotopic (exact) mass is 370 g/mol. The van der Waals surface area contributed by atoms with E-state index in [1.54, 1.807) is 0 Å². The average molecular weight is 371 g/mol. The van der Waals surface area contributed by atoms with Gasteiger partial charge in [-0.2, -0.15) is 5.10 Å². The van der Waals surface area contributed by atoms with Crippen LogP contribution in [0.4, 0.5) is 0 Å². The van der Waals surface area contributed by atoms with Crippen LogP contribution in [-0.4, -0.2) is 31.1 Å². The zero-order valence-electron chi connectivity index (χ0n) is 18.0. The normalized spacial score (nSPS) is 45.1. The molecule has 0 aromatic rings. The molecule has 150 valence electrons. The molecule has 0 N–H and O–H groups in total. The topological polar surface area (TPSA) is 32.7 Å². The SMILES string of the molecule is C[C@H](/C=N\N(C)C)[C@H]1CC[C@H]2[C@@H]3CCC4=CC(=O)CC[C@]4(C)[C@H]3CC[C@]12C. The molecule has 3 nitrogen and oxygen atoms in total. The van der Waals surface area contributed by atoms with Gasteiger partial charge in [0.25, 0.3) is 0 Å². The van der Waals surface area contributed by atoms with Crippen LogP contribution in [0.3, 0.4) is 0 Å². The number of hydrogen-bond donors (Lipinski definition) is 0. The Bertz CT molecular complexity index is 665. The Morgan fingerprint density at radius 3 is 2.63 bits per heavy atom. The second kappa shape index (κ2) is 6.74. The van der Waals surface area contributed by atoms with Gasteiger partial charge in [0.1, 0.15) is 0 Å². The first-order valence-corrected chi connectivity index (χ1v) is 11.2.